The number of nitrogens with zero attached hydrogens (tertiary/aromatic N) is 3. The van der Waals surface area contributed by atoms with Gasteiger partial charge in [-0.3, -0.25) is 9.36 Å². The van der Waals surface area contributed by atoms with Crippen molar-refractivity contribution in [2.75, 3.05) is 0 Å². The first-order valence-electron chi connectivity index (χ1n) is 6.69. The van der Waals surface area contributed by atoms with E-state index in [0.717, 1.165) is 11.1 Å². The van der Waals surface area contributed by atoms with Crippen LogP contribution in [0.1, 0.15) is 42.3 Å². The van der Waals surface area contributed by atoms with Crippen LogP contribution in [0.15, 0.2) is 29.1 Å². The van der Waals surface area contributed by atoms with Gasteiger partial charge in [0.1, 0.15) is 11.0 Å². The molecule has 1 aromatic carbocycles. The van der Waals surface area contributed by atoms with Gasteiger partial charge in [0.25, 0.3) is 5.56 Å². The lowest BCUT2D eigenvalue weighted by atomic mass is 10.1. The molecule has 4 nitrogen and oxygen atoms in total. The summed E-state index contributed by atoms with van der Waals surface area (Å²) in [7, 11) is 0. The third kappa shape index (κ3) is 3.32. The van der Waals surface area contributed by atoms with E-state index in [1.807, 2.05) is 32.9 Å². The Morgan fingerprint density at radius 3 is 2.67 bits per heavy atom. The molecule has 0 atom stereocenters. The predicted octanol–water partition coefficient (Wildman–Crippen LogP) is 3.25. The zero-order valence-electron chi connectivity index (χ0n) is 12.2. The summed E-state index contributed by atoms with van der Waals surface area (Å²) in [6, 6.07) is 8.88. The van der Waals surface area contributed by atoms with Gasteiger partial charge in [0, 0.05) is 12.0 Å². The van der Waals surface area contributed by atoms with E-state index in [1.54, 1.807) is 10.6 Å². The van der Waals surface area contributed by atoms with Gasteiger partial charge in [-0.25, -0.2) is 4.98 Å². The minimum absolute atomic E-state index is 0.0927. The fourth-order valence-electron chi connectivity index (χ4n) is 2.21. The van der Waals surface area contributed by atoms with Crippen LogP contribution in [-0.2, 0) is 6.54 Å². The van der Waals surface area contributed by atoms with Crippen molar-refractivity contribution in [3.63, 3.8) is 0 Å². The molecule has 0 saturated carbocycles. The SMILES string of the molecule is Cc1cc(C#N)ccc1Cn1c(C(C)C)nc(Cl)cc1=O. The van der Waals surface area contributed by atoms with Crippen LogP contribution >= 0.6 is 11.6 Å². The minimum Gasteiger partial charge on any atom is -0.292 e. The lowest BCUT2D eigenvalue weighted by Gasteiger charge is -2.16. The van der Waals surface area contributed by atoms with Crippen molar-refractivity contribution in [2.45, 2.75) is 33.2 Å². The molecule has 2 rings (SSSR count). The molecule has 2 aromatic rings. The van der Waals surface area contributed by atoms with E-state index >= 15 is 0 Å². The summed E-state index contributed by atoms with van der Waals surface area (Å²) in [6.07, 6.45) is 0. The molecule has 0 aliphatic carbocycles. The Labute approximate surface area is 128 Å². The summed E-state index contributed by atoms with van der Waals surface area (Å²) < 4.78 is 1.63. The number of hydrogen-bond donors (Lipinski definition) is 0. The second-order valence-corrected chi connectivity index (χ2v) is 5.66. The Bertz CT molecular complexity index is 772. The minimum atomic E-state index is -0.164. The monoisotopic (exact) mass is 301 g/mol. The molecule has 5 heteroatoms. The van der Waals surface area contributed by atoms with E-state index in [2.05, 4.69) is 11.1 Å². The fourth-order valence-corrected chi connectivity index (χ4v) is 2.39. The highest BCUT2D eigenvalue weighted by atomic mass is 35.5. The summed E-state index contributed by atoms with van der Waals surface area (Å²) in [6.45, 7) is 6.30. The van der Waals surface area contributed by atoms with Crippen molar-refractivity contribution < 1.29 is 0 Å². The Morgan fingerprint density at radius 1 is 1.38 bits per heavy atom. The number of hydrogen-bond acceptors (Lipinski definition) is 3. The lowest BCUT2D eigenvalue weighted by molar-refractivity contribution is 0.623. The van der Waals surface area contributed by atoms with E-state index in [9.17, 15) is 4.79 Å². The van der Waals surface area contributed by atoms with Crippen LogP contribution in [0.2, 0.25) is 5.15 Å². The van der Waals surface area contributed by atoms with Gasteiger partial charge in [0.15, 0.2) is 0 Å². The van der Waals surface area contributed by atoms with Crippen LogP contribution in [0.5, 0.6) is 0 Å². The summed E-state index contributed by atoms with van der Waals surface area (Å²) >= 11 is 5.88. The first-order chi connectivity index (χ1) is 9.92. The quantitative estimate of drug-likeness (QED) is 0.818. The number of rotatable bonds is 3. The third-order valence-corrected chi connectivity index (χ3v) is 3.52. The van der Waals surface area contributed by atoms with Gasteiger partial charge < -0.3 is 0 Å². The van der Waals surface area contributed by atoms with Crippen LogP contribution < -0.4 is 5.56 Å². The smallest absolute Gasteiger partial charge is 0.255 e. The summed E-state index contributed by atoms with van der Waals surface area (Å²) in [5.41, 5.74) is 2.41. The van der Waals surface area contributed by atoms with Gasteiger partial charge in [0.2, 0.25) is 0 Å². The highest BCUT2D eigenvalue weighted by Crippen LogP contribution is 2.16. The van der Waals surface area contributed by atoms with Crippen LogP contribution in [0.25, 0.3) is 0 Å². The first-order valence-corrected chi connectivity index (χ1v) is 7.07. The molecule has 108 valence electrons. The molecule has 0 amide bonds. The van der Waals surface area contributed by atoms with E-state index in [-0.39, 0.29) is 16.6 Å². The van der Waals surface area contributed by atoms with Gasteiger partial charge >= 0.3 is 0 Å². The van der Waals surface area contributed by atoms with Crippen molar-refractivity contribution in [1.82, 2.24) is 9.55 Å². The van der Waals surface area contributed by atoms with E-state index in [0.29, 0.717) is 17.9 Å². The molecule has 0 aliphatic rings. The molecule has 1 heterocycles. The van der Waals surface area contributed by atoms with Crippen molar-refractivity contribution in [2.24, 2.45) is 0 Å². The zero-order valence-corrected chi connectivity index (χ0v) is 13.0. The van der Waals surface area contributed by atoms with Gasteiger partial charge in [-0.1, -0.05) is 31.5 Å². The predicted molar refractivity (Wildman–Crippen MR) is 82.6 cm³/mol. The van der Waals surface area contributed by atoms with Crippen molar-refractivity contribution in [3.05, 3.63) is 62.3 Å². The van der Waals surface area contributed by atoms with Crippen molar-refractivity contribution in [3.8, 4) is 6.07 Å². The van der Waals surface area contributed by atoms with Gasteiger partial charge in [0.05, 0.1) is 18.2 Å². The molecule has 21 heavy (non-hydrogen) atoms. The number of nitriles is 1. The summed E-state index contributed by atoms with van der Waals surface area (Å²) in [4.78, 5) is 16.5. The highest BCUT2D eigenvalue weighted by Gasteiger charge is 2.12. The molecule has 1 aromatic heterocycles. The molecule has 0 radical (unpaired) electrons. The average Bonchev–Trinajstić information content (AvgIpc) is 2.42. The van der Waals surface area contributed by atoms with E-state index < -0.39 is 0 Å². The molecule has 0 fully saturated rings. The number of aromatic nitrogens is 2. The Hall–Kier alpha value is -2.12. The molecule has 0 spiro atoms. The van der Waals surface area contributed by atoms with Crippen LogP contribution in [-0.4, -0.2) is 9.55 Å². The molecule has 0 bridgehead atoms. The normalized spacial score (nSPS) is 10.7. The molecule has 0 aliphatic heterocycles. The first kappa shape index (κ1) is 15.3. The molecular weight excluding hydrogens is 286 g/mol. The molecular formula is C16H16ClN3O. The van der Waals surface area contributed by atoms with E-state index in [1.165, 1.54) is 6.07 Å². The van der Waals surface area contributed by atoms with Gasteiger partial charge in [-0.2, -0.15) is 5.26 Å². The maximum Gasteiger partial charge on any atom is 0.255 e. The molecule has 0 saturated heterocycles. The summed E-state index contributed by atoms with van der Waals surface area (Å²) in [5.74, 6) is 0.756. The van der Waals surface area contributed by atoms with Crippen LogP contribution in [0.3, 0.4) is 0 Å². The second-order valence-electron chi connectivity index (χ2n) is 5.27. The number of halogens is 1. The maximum atomic E-state index is 12.2. The van der Waals surface area contributed by atoms with Crippen molar-refractivity contribution in [1.29, 1.82) is 5.26 Å². The second kappa shape index (κ2) is 6.11. The Morgan fingerprint density at radius 2 is 2.10 bits per heavy atom. The highest BCUT2D eigenvalue weighted by molar-refractivity contribution is 6.29. The third-order valence-electron chi connectivity index (χ3n) is 3.32. The van der Waals surface area contributed by atoms with Crippen LogP contribution in [0.4, 0.5) is 0 Å². The maximum absolute atomic E-state index is 12.2. The molecule has 0 N–H and O–H groups in total. The number of aryl methyl sites for hydroxylation is 1. The van der Waals surface area contributed by atoms with Crippen LogP contribution in [0, 0.1) is 18.3 Å². The number of benzene rings is 1. The topological polar surface area (TPSA) is 58.7 Å². The van der Waals surface area contributed by atoms with E-state index in [4.69, 9.17) is 16.9 Å². The Kier molecular flexibility index (Phi) is 4.44. The zero-order chi connectivity index (χ0) is 15.6. The van der Waals surface area contributed by atoms with Gasteiger partial charge in [-0.15, -0.1) is 0 Å². The lowest BCUT2D eigenvalue weighted by Crippen LogP contribution is -2.26. The fraction of sp³-hybridized carbons (Fsp3) is 0.312. The molecule has 0 unspecified atom stereocenters. The average molecular weight is 302 g/mol. The Balaban J connectivity index is 2.50. The summed E-state index contributed by atoms with van der Waals surface area (Å²) in [5, 5.41) is 9.12. The largest absolute Gasteiger partial charge is 0.292 e. The standard InChI is InChI=1S/C16H16ClN3O/c1-10(2)16-19-14(17)7-15(21)20(16)9-13-5-4-12(8-18)6-11(13)3/h4-7,10H,9H2,1-3H3. The van der Waals surface area contributed by atoms with Gasteiger partial charge in [-0.05, 0) is 30.2 Å². The van der Waals surface area contributed by atoms with Crippen molar-refractivity contribution >= 4 is 11.6 Å².